The highest BCUT2D eigenvalue weighted by Crippen LogP contribution is 2.24. The van der Waals surface area contributed by atoms with Gasteiger partial charge in [0.15, 0.2) is 0 Å². The molecule has 1 aromatic carbocycles. The minimum absolute atomic E-state index is 0.0601. The fraction of sp³-hybridized carbons (Fsp3) is 0.562. The van der Waals surface area contributed by atoms with E-state index in [-0.39, 0.29) is 18.1 Å². The van der Waals surface area contributed by atoms with Gasteiger partial charge in [-0.2, -0.15) is 0 Å². The van der Waals surface area contributed by atoms with Gasteiger partial charge in [-0.15, -0.1) is 0 Å². The molecular weight excluding hydrogens is 252 g/mol. The largest absolute Gasteiger partial charge is 0.393 e. The second kappa shape index (κ2) is 6.37. The van der Waals surface area contributed by atoms with Crippen LogP contribution in [0.25, 0.3) is 0 Å². The molecule has 1 aliphatic heterocycles. The second-order valence-corrected chi connectivity index (χ2v) is 5.75. The summed E-state index contributed by atoms with van der Waals surface area (Å²) < 4.78 is 0. The van der Waals surface area contributed by atoms with E-state index >= 15 is 0 Å². The molecule has 0 radical (unpaired) electrons. The minimum Gasteiger partial charge on any atom is -0.393 e. The first-order chi connectivity index (χ1) is 9.49. The van der Waals surface area contributed by atoms with Gasteiger partial charge in [0.2, 0.25) is 5.91 Å². The van der Waals surface area contributed by atoms with Crippen LogP contribution in [0.5, 0.6) is 0 Å². The lowest BCUT2D eigenvalue weighted by molar-refractivity contribution is -0.121. The number of carbonyl (C=O) groups is 1. The van der Waals surface area contributed by atoms with E-state index in [1.807, 2.05) is 43.1 Å². The van der Waals surface area contributed by atoms with Crippen molar-refractivity contribution in [2.24, 2.45) is 0 Å². The molecule has 0 bridgehead atoms. The van der Waals surface area contributed by atoms with Crippen molar-refractivity contribution in [2.75, 3.05) is 25.0 Å². The molecule has 1 aliphatic rings. The van der Waals surface area contributed by atoms with Crippen LogP contribution in [0.15, 0.2) is 24.3 Å². The molecule has 2 rings (SSSR count). The van der Waals surface area contributed by atoms with Crippen LogP contribution >= 0.6 is 0 Å². The maximum atomic E-state index is 12.5. The quantitative estimate of drug-likeness (QED) is 0.892. The number of hydrogen-bond donors (Lipinski definition) is 1. The minimum atomic E-state index is -0.317. The Hall–Kier alpha value is -1.39. The molecule has 1 saturated heterocycles. The molecule has 1 heterocycles. The van der Waals surface area contributed by atoms with Gasteiger partial charge >= 0.3 is 0 Å². The Morgan fingerprint density at radius 2 is 2.05 bits per heavy atom. The van der Waals surface area contributed by atoms with Crippen LogP contribution in [0.2, 0.25) is 0 Å². The molecule has 0 aromatic heterocycles. The van der Waals surface area contributed by atoms with E-state index in [4.69, 9.17) is 0 Å². The lowest BCUT2D eigenvalue weighted by atomic mass is 10.2. The third-order valence-corrected chi connectivity index (χ3v) is 3.95. The van der Waals surface area contributed by atoms with Crippen molar-refractivity contribution in [1.82, 2.24) is 4.90 Å². The highest BCUT2D eigenvalue weighted by Gasteiger charge is 2.34. The Kier molecular flexibility index (Phi) is 4.78. The highest BCUT2D eigenvalue weighted by atomic mass is 16.3. The fourth-order valence-electron chi connectivity index (χ4n) is 2.60. The normalized spacial score (nSPS) is 20.8. The van der Waals surface area contributed by atoms with Crippen LogP contribution in [-0.4, -0.2) is 48.2 Å². The van der Waals surface area contributed by atoms with Crippen LogP contribution in [0.4, 0.5) is 5.69 Å². The van der Waals surface area contributed by atoms with Crippen molar-refractivity contribution in [2.45, 2.75) is 38.8 Å². The molecule has 0 aliphatic carbocycles. The number of aliphatic hydroxyl groups is 1. The summed E-state index contributed by atoms with van der Waals surface area (Å²) in [5.74, 6) is 0.168. The Balaban J connectivity index is 2.00. The summed E-state index contributed by atoms with van der Waals surface area (Å²) >= 11 is 0. The maximum Gasteiger partial charge on any atom is 0.244 e. The Morgan fingerprint density at radius 1 is 1.40 bits per heavy atom. The van der Waals surface area contributed by atoms with E-state index < -0.39 is 0 Å². The monoisotopic (exact) mass is 276 g/mol. The first-order valence-electron chi connectivity index (χ1n) is 7.25. The van der Waals surface area contributed by atoms with Crippen molar-refractivity contribution < 1.29 is 9.90 Å². The van der Waals surface area contributed by atoms with Gasteiger partial charge < -0.3 is 10.0 Å². The Labute approximate surface area is 121 Å². The smallest absolute Gasteiger partial charge is 0.244 e. The number of benzene rings is 1. The number of likely N-dealkylation sites (N-methyl/N-ethyl adjacent to an activating group) is 1. The SMILES string of the molecule is Cc1ccc(N2CCC(N(C)CCC(C)O)C2=O)cc1. The summed E-state index contributed by atoms with van der Waals surface area (Å²) in [5.41, 5.74) is 2.18. The number of amides is 1. The summed E-state index contributed by atoms with van der Waals surface area (Å²) in [5, 5.41) is 9.34. The lowest BCUT2D eigenvalue weighted by Gasteiger charge is -2.24. The summed E-state index contributed by atoms with van der Waals surface area (Å²) in [6.45, 7) is 5.34. The third-order valence-electron chi connectivity index (χ3n) is 3.95. The molecule has 1 N–H and O–H groups in total. The standard InChI is InChI=1S/C16H24N2O2/c1-12-4-6-14(7-5-12)18-11-9-15(16(18)20)17(3)10-8-13(2)19/h4-7,13,15,19H,8-11H2,1-3H3. The molecule has 4 heteroatoms. The maximum absolute atomic E-state index is 12.5. The van der Waals surface area contributed by atoms with Crippen LogP contribution in [0, 0.1) is 6.92 Å². The van der Waals surface area contributed by atoms with Crippen molar-refractivity contribution in [3.63, 3.8) is 0 Å². The zero-order chi connectivity index (χ0) is 14.7. The van der Waals surface area contributed by atoms with Crippen LogP contribution in [-0.2, 0) is 4.79 Å². The van der Waals surface area contributed by atoms with Gasteiger partial charge in [0, 0.05) is 18.8 Å². The highest BCUT2D eigenvalue weighted by molar-refractivity contribution is 5.99. The number of carbonyl (C=O) groups excluding carboxylic acids is 1. The molecule has 0 spiro atoms. The molecule has 1 amide bonds. The van der Waals surface area contributed by atoms with Crippen molar-refractivity contribution in [1.29, 1.82) is 0 Å². The zero-order valence-electron chi connectivity index (χ0n) is 12.5. The summed E-state index contributed by atoms with van der Waals surface area (Å²) in [6, 6.07) is 8.02. The predicted octanol–water partition coefficient (Wildman–Crippen LogP) is 1.80. The topological polar surface area (TPSA) is 43.8 Å². The number of aryl methyl sites for hydroxylation is 1. The van der Waals surface area contributed by atoms with Gasteiger partial charge in [-0.25, -0.2) is 0 Å². The van der Waals surface area contributed by atoms with E-state index in [0.29, 0.717) is 6.42 Å². The molecule has 110 valence electrons. The van der Waals surface area contributed by atoms with Crippen LogP contribution in [0.3, 0.4) is 0 Å². The van der Waals surface area contributed by atoms with E-state index in [1.54, 1.807) is 6.92 Å². The van der Waals surface area contributed by atoms with Crippen molar-refractivity contribution in [3.05, 3.63) is 29.8 Å². The Bertz CT molecular complexity index is 456. The van der Waals surface area contributed by atoms with Gasteiger partial charge in [-0.05, 0) is 45.9 Å². The Morgan fingerprint density at radius 3 is 2.65 bits per heavy atom. The van der Waals surface area contributed by atoms with Gasteiger partial charge in [0.25, 0.3) is 0 Å². The van der Waals surface area contributed by atoms with Crippen LogP contribution in [0.1, 0.15) is 25.3 Å². The van der Waals surface area contributed by atoms with Crippen LogP contribution < -0.4 is 4.90 Å². The number of rotatable bonds is 5. The molecule has 4 nitrogen and oxygen atoms in total. The summed E-state index contributed by atoms with van der Waals surface area (Å²) in [7, 11) is 1.96. The zero-order valence-corrected chi connectivity index (χ0v) is 12.5. The van der Waals surface area contributed by atoms with Gasteiger partial charge in [-0.3, -0.25) is 9.69 Å². The number of anilines is 1. The van der Waals surface area contributed by atoms with Gasteiger partial charge in [-0.1, -0.05) is 17.7 Å². The van der Waals surface area contributed by atoms with E-state index in [2.05, 4.69) is 4.90 Å². The molecule has 2 atom stereocenters. The second-order valence-electron chi connectivity index (χ2n) is 5.75. The molecular formula is C16H24N2O2. The number of nitrogens with zero attached hydrogens (tertiary/aromatic N) is 2. The molecule has 1 aromatic rings. The summed E-state index contributed by atoms with van der Waals surface area (Å²) in [4.78, 5) is 16.4. The van der Waals surface area contributed by atoms with E-state index in [1.165, 1.54) is 5.56 Å². The van der Waals surface area contributed by atoms with E-state index in [9.17, 15) is 9.90 Å². The average molecular weight is 276 g/mol. The predicted molar refractivity (Wildman–Crippen MR) is 80.9 cm³/mol. The lowest BCUT2D eigenvalue weighted by Crippen LogP contribution is -2.40. The van der Waals surface area contributed by atoms with Gasteiger partial charge in [0.05, 0.1) is 12.1 Å². The first-order valence-corrected chi connectivity index (χ1v) is 7.25. The molecule has 1 fully saturated rings. The average Bonchev–Trinajstić information content (AvgIpc) is 2.79. The third kappa shape index (κ3) is 3.38. The molecule has 2 unspecified atom stereocenters. The number of aliphatic hydroxyl groups excluding tert-OH is 1. The van der Waals surface area contributed by atoms with Gasteiger partial charge in [0.1, 0.15) is 0 Å². The van der Waals surface area contributed by atoms with Crippen molar-refractivity contribution >= 4 is 11.6 Å². The molecule has 20 heavy (non-hydrogen) atoms. The van der Waals surface area contributed by atoms with E-state index in [0.717, 1.165) is 25.2 Å². The van der Waals surface area contributed by atoms with Crippen molar-refractivity contribution in [3.8, 4) is 0 Å². The fourth-order valence-corrected chi connectivity index (χ4v) is 2.60. The number of hydrogen-bond acceptors (Lipinski definition) is 3. The first kappa shape index (κ1) is 15.0. The summed E-state index contributed by atoms with van der Waals surface area (Å²) in [6.07, 6.45) is 1.23. The molecule has 0 saturated carbocycles.